The molecule has 0 unspecified atom stereocenters. The molecule has 3 atom stereocenters. The fourth-order valence-corrected chi connectivity index (χ4v) is 2.77. The number of aliphatic carboxylic acids is 1. The van der Waals surface area contributed by atoms with Crippen LogP contribution in [-0.4, -0.2) is 66.0 Å². The normalized spacial score (nSPS) is 17.9. The molecule has 1 fully saturated rings. The quantitative estimate of drug-likeness (QED) is 0.102. The van der Waals surface area contributed by atoms with E-state index in [1.165, 1.54) is 0 Å². The number of amides is 3. The first-order valence-electron chi connectivity index (χ1n) is 9.11. The first-order chi connectivity index (χ1) is 13.2. The van der Waals surface area contributed by atoms with Crippen molar-refractivity contribution in [1.82, 2.24) is 16.0 Å². The lowest BCUT2D eigenvalue weighted by Crippen LogP contribution is -2.54. The molecule has 12 nitrogen and oxygen atoms in total. The summed E-state index contributed by atoms with van der Waals surface area (Å²) in [6.07, 6.45) is 1.79. The Kier molecular flexibility index (Phi) is 9.71. The van der Waals surface area contributed by atoms with Crippen molar-refractivity contribution in [1.29, 1.82) is 0 Å². The summed E-state index contributed by atoms with van der Waals surface area (Å²) in [6.45, 7) is 0.974. The molecule has 1 rings (SSSR count). The molecule has 0 aliphatic carbocycles. The minimum absolute atomic E-state index is 0.0856. The van der Waals surface area contributed by atoms with Gasteiger partial charge in [0.1, 0.15) is 12.1 Å². The van der Waals surface area contributed by atoms with E-state index in [-0.39, 0.29) is 37.7 Å². The third-order valence-corrected chi connectivity index (χ3v) is 4.25. The molecule has 0 spiro atoms. The summed E-state index contributed by atoms with van der Waals surface area (Å²) >= 11 is 0. The highest BCUT2D eigenvalue weighted by molar-refractivity contribution is 5.92. The molecule has 1 aliphatic heterocycles. The van der Waals surface area contributed by atoms with Gasteiger partial charge >= 0.3 is 5.97 Å². The van der Waals surface area contributed by atoms with Crippen LogP contribution in [0.1, 0.15) is 38.5 Å². The Morgan fingerprint density at radius 2 is 1.82 bits per heavy atom. The molecular weight excluding hydrogens is 370 g/mol. The van der Waals surface area contributed by atoms with Gasteiger partial charge < -0.3 is 38.3 Å². The van der Waals surface area contributed by atoms with Gasteiger partial charge in [0.15, 0.2) is 5.96 Å². The maximum absolute atomic E-state index is 12.6. The van der Waals surface area contributed by atoms with Gasteiger partial charge in [0.25, 0.3) is 0 Å². The Morgan fingerprint density at radius 1 is 1.11 bits per heavy atom. The fourth-order valence-electron chi connectivity index (χ4n) is 2.77. The molecule has 0 aromatic rings. The highest BCUT2D eigenvalue weighted by atomic mass is 16.4. The average Bonchev–Trinajstić information content (AvgIpc) is 3.14. The van der Waals surface area contributed by atoms with E-state index in [1.54, 1.807) is 0 Å². The number of nitrogens with two attached hydrogens (primary N) is 3. The summed E-state index contributed by atoms with van der Waals surface area (Å²) in [4.78, 5) is 50.9. The third-order valence-electron chi connectivity index (χ3n) is 4.25. The van der Waals surface area contributed by atoms with Crippen molar-refractivity contribution < 1.29 is 24.3 Å². The highest BCUT2D eigenvalue weighted by Crippen LogP contribution is 2.07. The van der Waals surface area contributed by atoms with Gasteiger partial charge in [-0.15, -0.1) is 0 Å². The van der Waals surface area contributed by atoms with Crippen LogP contribution in [0.2, 0.25) is 0 Å². The monoisotopic (exact) mass is 399 g/mol. The summed E-state index contributed by atoms with van der Waals surface area (Å²) in [5, 5.41) is 17.3. The third kappa shape index (κ3) is 8.66. The molecule has 158 valence electrons. The van der Waals surface area contributed by atoms with Crippen molar-refractivity contribution in [2.45, 2.75) is 56.7 Å². The number of aliphatic imine (C=N–C) groups is 1. The van der Waals surface area contributed by atoms with Crippen molar-refractivity contribution >= 4 is 29.7 Å². The second kappa shape index (κ2) is 11.7. The number of hydrogen-bond acceptors (Lipinski definition) is 6. The van der Waals surface area contributed by atoms with E-state index in [1.807, 2.05) is 0 Å². The Balaban J connectivity index is 2.73. The van der Waals surface area contributed by atoms with Gasteiger partial charge in [-0.1, -0.05) is 0 Å². The number of carbonyl (C=O) groups excluding carboxylic acids is 3. The molecule has 12 heteroatoms. The Hall–Kier alpha value is -2.89. The second-order valence-corrected chi connectivity index (χ2v) is 6.56. The van der Waals surface area contributed by atoms with Crippen LogP contribution in [0.3, 0.4) is 0 Å². The molecular formula is C16H29N7O5. The van der Waals surface area contributed by atoms with Crippen LogP contribution in [0.25, 0.3) is 0 Å². The topological polar surface area (TPSA) is 215 Å². The van der Waals surface area contributed by atoms with Crippen LogP contribution < -0.4 is 33.2 Å². The second-order valence-electron chi connectivity index (χ2n) is 6.56. The van der Waals surface area contributed by atoms with E-state index in [0.29, 0.717) is 19.4 Å². The molecule has 0 aromatic heterocycles. The minimum atomic E-state index is -1.29. The lowest BCUT2D eigenvalue weighted by Gasteiger charge is -2.22. The van der Waals surface area contributed by atoms with Crippen molar-refractivity contribution in [3.05, 3.63) is 0 Å². The fraction of sp³-hybridized carbons (Fsp3) is 0.688. The van der Waals surface area contributed by atoms with Crippen LogP contribution in [0, 0.1) is 0 Å². The van der Waals surface area contributed by atoms with Crippen LogP contribution in [0.5, 0.6) is 0 Å². The van der Waals surface area contributed by atoms with Gasteiger partial charge in [-0.25, -0.2) is 4.79 Å². The largest absolute Gasteiger partial charge is 0.480 e. The average molecular weight is 399 g/mol. The summed E-state index contributed by atoms with van der Waals surface area (Å²) in [5.74, 6) is -3.04. The molecule has 0 saturated carbocycles. The summed E-state index contributed by atoms with van der Waals surface area (Å²) in [5.41, 5.74) is 15.5. The number of carboxylic acids is 1. The lowest BCUT2D eigenvalue weighted by atomic mass is 10.1. The number of carboxylic acid groups (broad SMARTS) is 1. The van der Waals surface area contributed by atoms with E-state index < -0.39 is 35.9 Å². The molecule has 0 radical (unpaired) electrons. The number of guanidine groups is 1. The zero-order chi connectivity index (χ0) is 21.1. The lowest BCUT2D eigenvalue weighted by molar-refractivity contribution is -0.142. The summed E-state index contributed by atoms with van der Waals surface area (Å²) in [7, 11) is 0. The molecule has 10 N–H and O–H groups in total. The number of primary amides is 1. The van der Waals surface area contributed by atoms with Crippen LogP contribution >= 0.6 is 0 Å². The first-order valence-corrected chi connectivity index (χ1v) is 9.11. The number of hydrogen-bond donors (Lipinski definition) is 7. The van der Waals surface area contributed by atoms with Gasteiger partial charge in [0.2, 0.25) is 17.7 Å². The van der Waals surface area contributed by atoms with E-state index >= 15 is 0 Å². The van der Waals surface area contributed by atoms with Crippen LogP contribution in [-0.2, 0) is 19.2 Å². The van der Waals surface area contributed by atoms with Gasteiger partial charge in [0, 0.05) is 13.0 Å². The molecule has 28 heavy (non-hydrogen) atoms. The van der Waals surface area contributed by atoms with E-state index in [2.05, 4.69) is 20.9 Å². The number of nitrogens with zero attached hydrogens (tertiary/aromatic N) is 1. The van der Waals surface area contributed by atoms with Crippen molar-refractivity contribution in [2.24, 2.45) is 22.2 Å². The minimum Gasteiger partial charge on any atom is -0.480 e. The molecule has 1 aliphatic rings. The molecule has 1 heterocycles. The molecule has 1 saturated heterocycles. The van der Waals surface area contributed by atoms with Crippen molar-refractivity contribution in [3.63, 3.8) is 0 Å². The first kappa shape index (κ1) is 23.1. The predicted molar refractivity (Wildman–Crippen MR) is 101 cm³/mol. The summed E-state index contributed by atoms with van der Waals surface area (Å²) < 4.78 is 0. The Morgan fingerprint density at radius 3 is 2.36 bits per heavy atom. The van der Waals surface area contributed by atoms with Crippen LogP contribution in [0.4, 0.5) is 0 Å². The van der Waals surface area contributed by atoms with Gasteiger partial charge in [-0.2, -0.15) is 0 Å². The summed E-state index contributed by atoms with van der Waals surface area (Å²) in [6, 6.07) is -2.64. The molecule has 0 aromatic carbocycles. The van der Waals surface area contributed by atoms with Gasteiger partial charge in [0.05, 0.1) is 6.04 Å². The zero-order valence-electron chi connectivity index (χ0n) is 15.6. The van der Waals surface area contributed by atoms with E-state index in [9.17, 15) is 24.3 Å². The maximum Gasteiger partial charge on any atom is 0.326 e. The van der Waals surface area contributed by atoms with Crippen molar-refractivity contribution in [2.75, 3.05) is 13.1 Å². The van der Waals surface area contributed by atoms with Gasteiger partial charge in [-0.3, -0.25) is 19.4 Å². The maximum atomic E-state index is 12.6. The Labute approximate surface area is 162 Å². The molecule has 0 bridgehead atoms. The predicted octanol–water partition coefficient (Wildman–Crippen LogP) is -2.89. The number of nitrogens with one attached hydrogen (secondary N) is 3. The Bertz CT molecular complexity index is 600. The number of carbonyl (C=O) groups is 4. The smallest absolute Gasteiger partial charge is 0.326 e. The highest BCUT2D eigenvalue weighted by Gasteiger charge is 2.29. The van der Waals surface area contributed by atoms with Crippen molar-refractivity contribution in [3.8, 4) is 0 Å². The SMILES string of the molecule is NC(=O)CC[C@H](NC(=O)[C@H](CCCN=C(N)N)NC(=O)[C@@H]1CCCN1)C(=O)O. The van der Waals surface area contributed by atoms with E-state index in [4.69, 9.17) is 17.2 Å². The van der Waals surface area contributed by atoms with E-state index in [0.717, 1.165) is 6.42 Å². The van der Waals surface area contributed by atoms with Crippen LogP contribution in [0.15, 0.2) is 4.99 Å². The standard InChI is InChI=1S/C16H29N7O5/c17-12(24)6-5-11(15(27)28)23-14(26)10(4-2-8-21-16(18)19)22-13(25)9-3-1-7-20-9/h9-11,20H,1-8H2,(H2,17,24)(H,22,25)(H,23,26)(H,27,28)(H4,18,19,21)/t9-,10-,11-/m0/s1. The van der Waals surface area contributed by atoms with Gasteiger partial charge in [-0.05, 0) is 38.6 Å². The molecule has 3 amide bonds. The zero-order valence-corrected chi connectivity index (χ0v) is 15.6. The number of rotatable bonds is 12.